The molecule has 0 aromatic rings. The summed E-state index contributed by atoms with van der Waals surface area (Å²) in [5, 5.41) is 0. The highest BCUT2D eigenvalue weighted by atomic mass is 16.6. The van der Waals surface area contributed by atoms with E-state index >= 15 is 0 Å². The van der Waals surface area contributed by atoms with E-state index in [4.69, 9.17) is 9.47 Å². The topological polar surface area (TPSA) is 93.2 Å². The summed E-state index contributed by atoms with van der Waals surface area (Å²) in [4.78, 5) is 53.6. The molecule has 0 radical (unpaired) electrons. The number of esters is 2. The molecule has 0 atom stereocenters. The minimum absolute atomic E-state index is 0.0773. The van der Waals surface area contributed by atoms with Crippen molar-refractivity contribution in [2.75, 3.05) is 0 Å². The number of ether oxygens (including phenoxy) is 2. The van der Waals surface area contributed by atoms with Crippen LogP contribution < -0.4 is 0 Å². The van der Waals surface area contributed by atoms with Crippen molar-refractivity contribution in [3.8, 4) is 0 Å². The first-order chi connectivity index (χ1) is 16.4. The van der Waals surface area contributed by atoms with Gasteiger partial charge in [0.1, 0.15) is 12.2 Å². The molecule has 0 unspecified atom stereocenters. The van der Waals surface area contributed by atoms with Gasteiger partial charge < -0.3 is 19.3 Å². The second kappa shape index (κ2) is 10.4. The predicted octanol–water partition coefficient (Wildman–Crippen LogP) is 4.32. The highest BCUT2D eigenvalue weighted by Crippen LogP contribution is 2.41. The van der Waals surface area contributed by atoms with Crippen LogP contribution in [0, 0.1) is 0 Å². The van der Waals surface area contributed by atoms with Crippen molar-refractivity contribution in [3.05, 3.63) is 25.3 Å². The Kier molecular flexibility index (Phi) is 8.53. The average molecular weight is 505 g/mol. The third-order valence-corrected chi connectivity index (χ3v) is 7.25. The molecule has 0 aliphatic carbocycles. The van der Waals surface area contributed by atoms with Crippen LogP contribution in [0.2, 0.25) is 0 Å². The zero-order chi connectivity index (χ0) is 27.7. The van der Waals surface area contributed by atoms with Gasteiger partial charge in [-0.25, -0.2) is 0 Å². The molecule has 2 amide bonds. The summed E-state index contributed by atoms with van der Waals surface area (Å²) in [7, 11) is 0. The average Bonchev–Trinajstić information content (AvgIpc) is 2.68. The lowest BCUT2D eigenvalue weighted by atomic mass is 9.78. The van der Waals surface area contributed by atoms with E-state index in [1.807, 2.05) is 55.4 Å². The Balaban J connectivity index is 1.92. The molecule has 0 bridgehead atoms. The van der Waals surface area contributed by atoms with E-state index in [9.17, 15) is 19.2 Å². The summed E-state index contributed by atoms with van der Waals surface area (Å²) in [5.74, 6) is -1.22. The van der Waals surface area contributed by atoms with E-state index < -0.39 is 34.1 Å². The molecule has 8 nitrogen and oxygen atoms in total. The lowest BCUT2D eigenvalue weighted by Gasteiger charge is -2.54. The van der Waals surface area contributed by atoms with E-state index in [1.54, 1.807) is 9.80 Å². The van der Waals surface area contributed by atoms with Gasteiger partial charge in [0, 0.05) is 47.8 Å². The SMILES string of the molecule is C=CC(=O)N1C(C)(C)CC(OC(=O)CCC(=O)OC2CC(C)(C)N(C(=O)C=C)C(C)(C)C2)CC1(C)C. The van der Waals surface area contributed by atoms with Gasteiger partial charge in [0.15, 0.2) is 0 Å². The Hall–Kier alpha value is -2.64. The first-order valence-corrected chi connectivity index (χ1v) is 12.7. The van der Waals surface area contributed by atoms with Crippen LogP contribution in [0.4, 0.5) is 0 Å². The molecule has 2 rings (SSSR count). The maximum atomic E-state index is 12.6. The molecular formula is C28H44N2O6. The van der Waals surface area contributed by atoms with Gasteiger partial charge in [0.2, 0.25) is 11.8 Å². The van der Waals surface area contributed by atoms with Gasteiger partial charge in [0.05, 0.1) is 12.8 Å². The van der Waals surface area contributed by atoms with Gasteiger partial charge in [-0.1, -0.05) is 13.2 Å². The highest BCUT2D eigenvalue weighted by Gasteiger charge is 2.49. The fraction of sp³-hybridized carbons (Fsp3) is 0.714. The summed E-state index contributed by atoms with van der Waals surface area (Å²) in [6.07, 6.45) is 3.74. The van der Waals surface area contributed by atoms with E-state index in [1.165, 1.54) is 12.2 Å². The highest BCUT2D eigenvalue weighted by molar-refractivity contribution is 5.89. The monoisotopic (exact) mass is 504 g/mol. The number of carbonyl (C=O) groups excluding carboxylic acids is 4. The van der Waals surface area contributed by atoms with Crippen LogP contribution in [0.15, 0.2) is 25.3 Å². The van der Waals surface area contributed by atoms with Crippen LogP contribution in [0.1, 0.15) is 93.9 Å². The predicted molar refractivity (Wildman–Crippen MR) is 138 cm³/mol. The summed E-state index contributed by atoms with van der Waals surface area (Å²) in [6.45, 7) is 22.8. The van der Waals surface area contributed by atoms with Crippen LogP contribution in [0.5, 0.6) is 0 Å². The molecule has 0 spiro atoms. The molecule has 202 valence electrons. The molecule has 0 saturated carbocycles. The lowest BCUT2D eigenvalue weighted by Crippen LogP contribution is -2.64. The number of hydrogen-bond donors (Lipinski definition) is 0. The van der Waals surface area contributed by atoms with E-state index in [-0.39, 0.29) is 36.9 Å². The molecule has 0 aromatic carbocycles. The Labute approximate surface area is 216 Å². The van der Waals surface area contributed by atoms with Gasteiger partial charge in [-0.3, -0.25) is 19.2 Å². The van der Waals surface area contributed by atoms with Gasteiger partial charge in [-0.15, -0.1) is 0 Å². The first kappa shape index (κ1) is 29.6. The maximum absolute atomic E-state index is 12.6. The Morgan fingerprint density at radius 3 is 1.11 bits per heavy atom. The number of likely N-dealkylation sites (tertiary alicyclic amines) is 2. The molecule has 2 saturated heterocycles. The van der Waals surface area contributed by atoms with Crippen molar-refractivity contribution in [3.63, 3.8) is 0 Å². The van der Waals surface area contributed by atoms with Gasteiger partial charge in [0.25, 0.3) is 0 Å². The Morgan fingerprint density at radius 1 is 0.639 bits per heavy atom. The van der Waals surface area contributed by atoms with Gasteiger partial charge in [-0.05, 0) is 67.5 Å². The third kappa shape index (κ3) is 6.56. The summed E-state index contributed by atoms with van der Waals surface area (Å²) in [5.41, 5.74) is -2.06. The maximum Gasteiger partial charge on any atom is 0.306 e. The molecule has 2 aliphatic rings. The van der Waals surface area contributed by atoms with Crippen molar-refractivity contribution in [2.45, 2.75) is 128 Å². The van der Waals surface area contributed by atoms with Crippen LogP contribution in [0.3, 0.4) is 0 Å². The van der Waals surface area contributed by atoms with Gasteiger partial charge >= 0.3 is 11.9 Å². The van der Waals surface area contributed by atoms with E-state index in [0.717, 1.165) is 0 Å². The second-order valence-electron chi connectivity index (χ2n) is 12.5. The van der Waals surface area contributed by atoms with Crippen molar-refractivity contribution in [1.29, 1.82) is 0 Å². The van der Waals surface area contributed by atoms with Crippen molar-refractivity contribution < 1.29 is 28.7 Å². The van der Waals surface area contributed by atoms with Crippen LogP contribution in [-0.4, -0.2) is 67.9 Å². The smallest absolute Gasteiger partial charge is 0.306 e. The summed E-state index contributed by atoms with van der Waals surface area (Å²) >= 11 is 0. The minimum Gasteiger partial charge on any atom is -0.462 e. The van der Waals surface area contributed by atoms with Crippen LogP contribution >= 0.6 is 0 Å². The third-order valence-electron chi connectivity index (χ3n) is 7.25. The molecule has 36 heavy (non-hydrogen) atoms. The summed E-state index contributed by atoms with van der Waals surface area (Å²) < 4.78 is 11.4. The number of nitrogens with zero attached hydrogens (tertiary/aromatic N) is 2. The Morgan fingerprint density at radius 2 is 0.889 bits per heavy atom. The normalized spacial score (nSPS) is 22.9. The lowest BCUT2D eigenvalue weighted by molar-refractivity contribution is -0.171. The molecule has 2 fully saturated rings. The quantitative estimate of drug-likeness (QED) is 0.379. The molecule has 0 aromatic heterocycles. The zero-order valence-corrected chi connectivity index (χ0v) is 23.3. The number of rotatable bonds is 7. The zero-order valence-electron chi connectivity index (χ0n) is 23.3. The standard InChI is InChI=1S/C28H44N2O6/c1-11-21(31)29-25(3,4)15-19(16-26(29,5)6)35-23(33)13-14-24(34)36-20-17-27(7,8)30(22(32)12-2)28(9,10)18-20/h11-12,19-20H,1-2,13-18H2,3-10H3. The van der Waals surface area contributed by atoms with E-state index in [2.05, 4.69) is 13.2 Å². The fourth-order valence-corrected chi connectivity index (χ4v) is 6.61. The summed E-state index contributed by atoms with van der Waals surface area (Å²) in [6, 6.07) is 0. The van der Waals surface area contributed by atoms with Crippen molar-refractivity contribution in [2.24, 2.45) is 0 Å². The first-order valence-electron chi connectivity index (χ1n) is 12.7. The molecule has 0 N–H and O–H groups in total. The number of hydrogen-bond acceptors (Lipinski definition) is 6. The van der Waals surface area contributed by atoms with E-state index in [0.29, 0.717) is 25.7 Å². The molecular weight excluding hydrogens is 460 g/mol. The largest absolute Gasteiger partial charge is 0.462 e. The molecule has 8 heteroatoms. The number of amides is 2. The number of piperidine rings is 2. The number of carbonyl (C=O) groups is 4. The Bertz CT molecular complexity index is 807. The van der Waals surface area contributed by atoms with Crippen molar-refractivity contribution in [1.82, 2.24) is 9.80 Å². The molecule has 2 aliphatic heterocycles. The van der Waals surface area contributed by atoms with Crippen LogP contribution in [0.25, 0.3) is 0 Å². The fourth-order valence-electron chi connectivity index (χ4n) is 6.61. The molecule has 2 heterocycles. The minimum atomic E-state index is -0.516. The van der Waals surface area contributed by atoms with Gasteiger partial charge in [-0.2, -0.15) is 0 Å². The second-order valence-corrected chi connectivity index (χ2v) is 12.5. The van der Waals surface area contributed by atoms with Crippen molar-refractivity contribution >= 4 is 23.8 Å². The van der Waals surface area contributed by atoms with Crippen LogP contribution in [-0.2, 0) is 28.7 Å².